The lowest BCUT2D eigenvalue weighted by Crippen LogP contribution is -2.67. The van der Waals surface area contributed by atoms with Crippen LogP contribution in [0.4, 0.5) is 0 Å². The van der Waals surface area contributed by atoms with Crippen molar-refractivity contribution in [1.29, 1.82) is 0 Å². The monoisotopic (exact) mass is 208 g/mol. The van der Waals surface area contributed by atoms with Crippen molar-refractivity contribution in [3.8, 4) is 0 Å². The van der Waals surface area contributed by atoms with E-state index in [9.17, 15) is 4.79 Å². The number of rotatable bonds is 4. The zero-order chi connectivity index (χ0) is 11.3. The lowest BCUT2D eigenvalue weighted by molar-refractivity contribution is -0.418. The molecule has 0 bridgehead atoms. The quantitative estimate of drug-likeness (QED) is 0.750. The Morgan fingerprint density at radius 1 is 1.33 bits per heavy atom. The van der Waals surface area contributed by atoms with Crippen molar-refractivity contribution >= 4 is 5.97 Å². The van der Waals surface area contributed by atoms with E-state index in [1.807, 2.05) is 44.2 Å². The van der Waals surface area contributed by atoms with Gasteiger partial charge >= 0.3 is 5.97 Å². The number of carbonyl (C=O) groups excluding carboxylic acids is 1. The fourth-order valence-corrected chi connectivity index (χ4v) is 1.11. The minimum Gasteiger partial charge on any atom is -0.456 e. The van der Waals surface area contributed by atoms with Crippen molar-refractivity contribution < 1.29 is 15.3 Å². The molecule has 0 unspecified atom stereocenters. The first-order chi connectivity index (χ1) is 7.11. The van der Waals surface area contributed by atoms with E-state index in [1.54, 1.807) is 0 Å². The molecule has 0 spiro atoms. The van der Waals surface area contributed by atoms with E-state index < -0.39 is 0 Å². The molecule has 0 aliphatic carbocycles. The van der Waals surface area contributed by atoms with E-state index >= 15 is 0 Å². The highest BCUT2D eigenvalue weighted by Crippen LogP contribution is 2.04. The Hall–Kier alpha value is -1.35. The molecule has 1 aromatic rings. The minimum atomic E-state index is -0.284. The van der Waals surface area contributed by atoms with Crippen molar-refractivity contribution in [3.63, 3.8) is 0 Å². The molecule has 15 heavy (non-hydrogen) atoms. The average Bonchev–Trinajstić information content (AvgIpc) is 2.26. The van der Waals surface area contributed by atoms with E-state index in [-0.39, 0.29) is 17.9 Å². The Morgan fingerprint density at radius 3 is 2.47 bits per heavy atom. The van der Waals surface area contributed by atoms with Gasteiger partial charge in [0.1, 0.15) is 6.61 Å². The molecule has 0 saturated heterocycles. The molecule has 3 heteroatoms. The summed E-state index contributed by atoms with van der Waals surface area (Å²) in [4.78, 5) is 11.5. The predicted molar refractivity (Wildman–Crippen MR) is 57.8 cm³/mol. The van der Waals surface area contributed by atoms with Crippen molar-refractivity contribution in [1.82, 2.24) is 0 Å². The van der Waals surface area contributed by atoms with Gasteiger partial charge in [-0.1, -0.05) is 44.2 Å². The number of hydrogen-bond acceptors (Lipinski definition) is 2. The van der Waals surface area contributed by atoms with E-state index in [4.69, 9.17) is 4.74 Å². The normalized spacial score (nSPS) is 12.5. The number of benzene rings is 1. The van der Waals surface area contributed by atoms with Gasteiger partial charge in [0.15, 0.2) is 6.04 Å². The Balaban J connectivity index is 2.41. The molecular weight excluding hydrogens is 190 g/mol. The lowest BCUT2D eigenvalue weighted by Gasteiger charge is -2.11. The van der Waals surface area contributed by atoms with Crippen LogP contribution in [0.5, 0.6) is 0 Å². The van der Waals surface area contributed by atoms with Gasteiger partial charge < -0.3 is 10.5 Å². The second kappa shape index (κ2) is 5.51. The minimum absolute atomic E-state index is 0.216. The zero-order valence-electron chi connectivity index (χ0n) is 9.27. The number of esters is 1. The summed E-state index contributed by atoms with van der Waals surface area (Å²) in [6, 6.07) is 9.36. The van der Waals surface area contributed by atoms with Crippen LogP contribution in [-0.2, 0) is 16.1 Å². The number of quaternary nitrogens is 1. The van der Waals surface area contributed by atoms with Gasteiger partial charge in [-0.3, -0.25) is 0 Å². The van der Waals surface area contributed by atoms with Crippen LogP contribution in [0.2, 0.25) is 0 Å². The first-order valence-corrected chi connectivity index (χ1v) is 5.15. The van der Waals surface area contributed by atoms with Crippen molar-refractivity contribution in [3.05, 3.63) is 35.9 Å². The maximum absolute atomic E-state index is 11.5. The molecule has 0 radical (unpaired) electrons. The molecule has 3 N–H and O–H groups in total. The Kier molecular flexibility index (Phi) is 4.31. The van der Waals surface area contributed by atoms with Crippen molar-refractivity contribution in [2.45, 2.75) is 26.5 Å². The van der Waals surface area contributed by atoms with Gasteiger partial charge in [-0.05, 0) is 5.56 Å². The van der Waals surface area contributed by atoms with Crippen molar-refractivity contribution in [2.24, 2.45) is 5.92 Å². The highest BCUT2D eigenvalue weighted by atomic mass is 16.5. The van der Waals surface area contributed by atoms with Crippen LogP contribution in [0.1, 0.15) is 19.4 Å². The van der Waals surface area contributed by atoms with Crippen LogP contribution in [0.15, 0.2) is 30.3 Å². The first kappa shape index (κ1) is 11.7. The third-order valence-corrected chi connectivity index (χ3v) is 2.33. The van der Waals surface area contributed by atoms with Gasteiger partial charge in [-0.25, -0.2) is 4.79 Å². The Bertz CT molecular complexity index is 309. The summed E-state index contributed by atoms with van der Waals surface area (Å²) in [6.07, 6.45) is 0. The topological polar surface area (TPSA) is 53.9 Å². The molecule has 0 amide bonds. The number of carbonyl (C=O) groups is 1. The summed E-state index contributed by atoms with van der Waals surface area (Å²) < 4.78 is 5.15. The molecule has 1 aromatic carbocycles. The van der Waals surface area contributed by atoms with Crippen LogP contribution in [0.25, 0.3) is 0 Å². The van der Waals surface area contributed by atoms with Crippen LogP contribution >= 0.6 is 0 Å². The highest BCUT2D eigenvalue weighted by Gasteiger charge is 2.22. The molecule has 3 nitrogen and oxygen atoms in total. The summed E-state index contributed by atoms with van der Waals surface area (Å²) in [5, 5.41) is 0. The second-order valence-corrected chi connectivity index (χ2v) is 3.94. The molecule has 0 fully saturated rings. The standard InChI is InChI=1S/C12H17NO2/c1-9(2)11(13)12(14)15-8-10-6-4-3-5-7-10/h3-7,9,11H,8,13H2,1-2H3/p+1/t11-/m1/s1. The van der Waals surface area contributed by atoms with Crippen LogP contribution in [0, 0.1) is 5.92 Å². The van der Waals surface area contributed by atoms with Gasteiger partial charge in [0.05, 0.1) is 0 Å². The molecule has 0 aliphatic rings. The SMILES string of the molecule is CC(C)[C@@H]([NH3+])C(=O)OCc1ccccc1. The average molecular weight is 208 g/mol. The lowest BCUT2D eigenvalue weighted by atomic mass is 10.1. The predicted octanol–water partition coefficient (Wildman–Crippen LogP) is 0.996. The molecule has 0 aliphatic heterocycles. The fourth-order valence-electron chi connectivity index (χ4n) is 1.11. The molecule has 0 saturated carbocycles. The smallest absolute Gasteiger partial charge is 0.365 e. The summed E-state index contributed by atoms with van der Waals surface area (Å²) in [6.45, 7) is 4.25. The summed E-state index contributed by atoms with van der Waals surface area (Å²) >= 11 is 0. The Labute approximate surface area is 90.2 Å². The van der Waals surface area contributed by atoms with Gasteiger partial charge in [-0.15, -0.1) is 0 Å². The first-order valence-electron chi connectivity index (χ1n) is 5.15. The molecule has 1 atom stereocenters. The Morgan fingerprint density at radius 2 is 1.93 bits per heavy atom. The second-order valence-electron chi connectivity index (χ2n) is 3.94. The third-order valence-electron chi connectivity index (χ3n) is 2.33. The largest absolute Gasteiger partial charge is 0.456 e. The summed E-state index contributed by atoms with van der Waals surface area (Å²) in [5.74, 6) is -0.0119. The number of ether oxygens (including phenoxy) is 1. The molecular formula is C12H18NO2+. The molecule has 0 aromatic heterocycles. The van der Waals surface area contributed by atoms with Gasteiger partial charge in [0.25, 0.3) is 0 Å². The molecule has 0 heterocycles. The van der Waals surface area contributed by atoms with Crippen LogP contribution in [0.3, 0.4) is 0 Å². The summed E-state index contributed by atoms with van der Waals surface area (Å²) in [7, 11) is 0. The fraction of sp³-hybridized carbons (Fsp3) is 0.417. The highest BCUT2D eigenvalue weighted by molar-refractivity contribution is 5.74. The van der Waals surface area contributed by atoms with E-state index in [2.05, 4.69) is 5.73 Å². The molecule has 82 valence electrons. The van der Waals surface area contributed by atoms with E-state index in [0.717, 1.165) is 5.56 Å². The summed E-state index contributed by atoms with van der Waals surface area (Å²) in [5.41, 5.74) is 4.78. The third kappa shape index (κ3) is 3.72. The maximum Gasteiger partial charge on any atom is 0.365 e. The van der Waals surface area contributed by atoms with Crippen LogP contribution in [-0.4, -0.2) is 12.0 Å². The maximum atomic E-state index is 11.5. The van der Waals surface area contributed by atoms with Crippen molar-refractivity contribution in [2.75, 3.05) is 0 Å². The van der Waals surface area contributed by atoms with Crippen LogP contribution < -0.4 is 5.73 Å². The zero-order valence-corrected chi connectivity index (χ0v) is 9.27. The van der Waals surface area contributed by atoms with E-state index in [1.165, 1.54) is 0 Å². The van der Waals surface area contributed by atoms with Gasteiger partial charge in [0, 0.05) is 5.92 Å². The number of hydrogen-bond donors (Lipinski definition) is 1. The van der Waals surface area contributed by atoms with E-state index in [0.29, 0.717) is 6.61 Å². The van der Waals surface area contributed by atoms with Gasteiger partial charge in [0.2, 0.25) is 0 Å². The van der Waals surface area contributed by atoms with Gasteiger partial charge in [-0.2, -0.15) is 0 Å². The molecule has 1 rings (SSSR count).